The number of fused-ring (bicyclic) bond motifs is 5. The van der Waals surface area contributed by atoms with Gasteiger partial charge in [-0.15, -0.1) is 0 Å². The van der Waals surface area contributed by atoms with Gasteiger partial charge in [0.05, 0.1) is 40.8 Å². The van der Waals surface area contributed by atoms with Crippen molar-refractivity contribution in [3.05, 3.63) is 11.6 Å². The van der Waals surface area contributed by atoms with Crippen molar-refractivity contribution in [2.45, 2.75) is 121 Å². The summed E-state index contributed by atoms with van der Waals surface area (Å²) in [5, 5.41) is 79.3. The zero-order valence-corrected chi connectivity index (χ0v) is 21.8. The van der Waals surface area contributed by atoms with Gasteiger partial charge in [-0.25, -0.2) is 0 Å². The van der Waals surface area contributed by atoms with Crippen LogP contribution in [0.3, 0.4) is 0 Å². The van der Waals surface area contributed by atoms with Crippen LogP contribution in [0.2, 0.25) is 0 Å². The molecule has 4 aliphatic carbocycles. The summed E-state index contributed by atoms with van der Waals surface area (Å²) >= 11 is 0. The van der Waals surface area contributed by atoms with Gasteiger partial charge < -0.3 is 35.8 Å². The van der Waals surface area contributed by atoms with Crippen LogP contribution in [0, 0.1) is 28.6 Å². The van der Waals surface area contributed by atoms with E-state index in [1.807, 2.05) is 6.92 Å². The molecule has 3 saturated carbocycles. The lowest BCUT2D eigenvalue weighted by Gasteiger charge is -2.61. The van der Waals surface area contributed by atoms with E-state index in [2.05, 4.69) is 12.1 Å². The standard InChI is InChI=1S/C27H45NO7/c1-23(2,32)9-8-22(31)26(5,33)21-7-11-27(34)16-12-18(28-35)17-13-19(29)20(30)14-24(17,3)15(16)6-10-25(21,27)4/h12,15,17,19-22,29-35H,6-11,13-14H2,1-5H3/t15?,17-,19+,20-,21?,22?,24+,25+,26+,27+/m0/s1. The van der Waals surface area contributed by atoms with Crippen LogP contribution < -0.4 is 0 Å². The Hall–Kier alpha value is -1.03. The first kappa shape index (κ1) is 27.0. The fourth-order valence-corrected chi connectivity index (χ4v) is 8.44. The van der Waals surface area contributed by atoms with Crippen LogP contribution in [0.5, 0.6) is 0 Å². The Morgan fingerprint density at radius 2 is 1.71 bits per heavy atom. The molecule has 0 spiro atoms. The minimum atomic E-state index is -1.46. The zero-order chi connectivity index (χ0) is 26.2. The monoisotopic (exact) mass is 495 g/mol. The number of hydrogen-bond donors (Lipinski definition) is 7. The smallest absolute Gasteiger partial charge is 0.0920 e. The predicted molar refractivity (Wildman–Crippen MR) is 131 cm³/mol. The summed E-state index contributed by atoms with van der Waals surface area (Å²) in [7, 11) is 0. The number of aliphatic hydroxyl groups excluding tert-OH is 3. The van der Waals surface area contributed by atoms with Crippen molar-refractivity contribution in [2.24, 2.45) is 33.7 Å². The molecular formula is C27H45NO7. The van der Waals surface area contributed by atoms with E-state index in [-0.39, 0.29) is 24.2 Å². The van der Waals surface area contributed by atoms with Crippen molar-refractivity contribution in [3.63, 3.8) is 0 Å². The number of nitrogens with zero attached hydrogens (tertiary/aromatic N) is 1. The van der Waals surface area contributed by atoms with Crippen molar-refractivity contribution in [2.75, 3.05) is 0 Å². The van der Waals surface area contributed by atoms with E-state index >= 15 is 0 Å². The molecule has 8 heteroatoms. The Kier molecular flexibility index (Phi) is 6.56. The third-order valence-electron chi connectivity index (χ3n) is 10.7. The molecule has 3 fully saturated rings. The molecule has 0 saturated heterocycles. The molecule has 0 heterocycles. The second-order valence-corrected chi connectivity index (χ2v) is 13.3. The topological polar surface area (TPSA) is 154 Å². The van der Waals surface area contributed by atoms with E-state index in [0.717, 1.165) is 12.0 Å². The summed E-state index contributed by atoms with van der Waals surface area (Å²) < 4.78 is 0. The van der Waals surface area contributed by atoms with Gasteiger partial charge in [0.25, 0.3) is 0 Å². The highest BCUT2D eigenvalue weighted by atomic mass is 16.4. The molecule has 35 heavy (non-hydrogen) atoms. The molecule has 4 aliphatic rings. The van der Waals surface area contributed by atoms with Gasteiger partial charge >= 0.3 is 0 Å². The summed E-state index contributed by atoms with van der Waals surface area (Å²) in [6, 6.07) is 0. The van der Waals surface area contributed by atoms with Gasteiger partial charge in [0.1, 0.15) is 0 Å². The van der Waals surface area contributed by atoms with E-state index in [4.69, 9.17) is 0 Å². The first-order valence-corrected chi connectivity index (χ1v) is 13.2. The average molecular weight is 496 g/mol. The van der Waals surface area contributed by atoms with Gasteiger partial charge in [-0.2, -0.15) is 0 Å². The van der Waals surface area contributed by atoms with Crippen molar-refractivity contribution in [1.82, 2.24) is 0 Å². The molecule has 0 amide bonds. The summed E-state index contributed by atoms with van der Waals surface area (Å²) in [4.78, 5) is 0. The van der Waals surface area contributed by atoms with Crippen LogP contribution in [0.25, 0.3) is 0 Å². The molecule has 0 aliphatic heterocycles. The van der Waals surface area contributed by atoms with Gasteiger partial charge in [-0.05, 0) is 101 Å². The molecular weight excluding hydrogens is 450 g/mol. The molecule has 0 aromatic heterocycles. The molecule has 0 bridgehead atoms. The first-order chi connectivity index (χ1) is 16.0. The molecule has 10 atom stereocenters. The highest BCUT2D eigenvalue weighted by Gasteiger charge is 2.68. The van der Waals surface area contributed by atoms with Crippen molar-refractivity contribution >= 4 is 5.71 Å². The fourth-order valence-electron chi connectivity index (χ4n) is 8.44. The third kappa shape index (κ3) is 3.99. The Bertz CT molecular complexity index is 894. The van der Waals surface area contributed by atoms with E-state index in [1.54, 1.807) is 26.8 Å². The molecule has 7 N–H and O–H groups in total. The third-order valence-corrected chi connectivity index (χ3v) is 10.7. The maximum Gasteiger partial charge on any atom is 0.0920 e. The van der Waals surface area contributed by atoms with Crippen LogP contribution in [-0.4, -0.2) is 76.7 Å². The van der Waals surface area contributed by atoms with Crippen LogP contribution in [0.15, 0.2) is 16.8 Å². The normalized spacial score (nSPS) is 47.3. The van der Waals surface area contributed by atoms with E-state index < -0.39 is 45.9 Å². The summed E-state index contributed by atoms with van der Waals surface area (Å²) in [6.45, 7) is 9.04. The molecule has 0 aromatic rings. The minimum absolute atomic E-state index is 0.0537. The Morgan fingerprint density at radius 1 is 1.06 bits per heavy atom. The maximum atomic E-state index is 12.3. The molecule has 200 valence electrons. The van der Waals surface area contributed by atoms with Gasteiger partial charge in [-0.3, -0.25) is 0 Å². The lowest BCUT2D eigenvalue weighted by molar-refractivity contribution is -0.172. The largest absolute Gasteiger partial charge is 0.411 e. The number of hydrogen-bond acceptors (Lipinski definition) is 8. The summed E-state index contributed by atoms with van der Waals surface area (Å²) in [5.41, 5.74) is -3.66. The van der Waals surface area contributed by atoms with Gasteiger partial charge in [0.2, 0.25) is 0 Å². The minimum Gasteiger partial charge on any atom is -0.411 e. The highest BCUT2D eigenvalue weighted by molar-refractivity contribution is 5.99. The maximum absolute atomic E-state index is 12.3. The number of allylic oxidation sites excluding steroid dienone is 1. The second-order valence-electron chi connectivity index (χ2n) is 13.3. The molecule has 4 rings (SSSR count). The van der Waals surface area contributed by atoms with E-state index in [0.29, 0.717) is 44.2 Å². The van der Waals surface area contributed by atoms with Crippen molar-refractivity contribution in [1.29, 1.82) is 0 Å². The predicted octanol–water partition coefficient (Wildman–Crippen LogP) is 2.12. The summed E-state index contributed by atoms with van der Waals surface area (Å²) in [5.74, 6) is -0.656. The molecule has 8 nitrogen and oxygen atoms in total. The first-order valence-electron chi connectivity index (χ1n) is 13.2. The van der Waals surface area contributed by atoms with E-state index in [1.165, 1.54) is 0 Å². The molecule has 3 unspecified atom stereocenters. The molecule has 0 aromatic carbocycles. The van der Waals surface area contributed by atoms with Crippen LogP contribution in [0.4, 0.5) is 0 Å². The number of rotatable bonds is 5. The Morgan fingerprint density at radius 3 is 2.31 bits per heavy atom. The molecule has 0 radical (unpaired) electrons. The zero-order valence-electron chi connectivity index (χ0n) is 21.8. The second kappa shape index (κ2) is 8.50. The van der Waals surface area contributed by atoms with E-state index in [9.17, 15) is 35.8 Å². The van der Waals surface area contributed by atoms with Gasteiger partial charge in [-0.1, -0.05) is 19.0 Å². The number of aliphatic hydroxyl groups is 6. The fraction of sp³-hybridized carbons (Fsp3) is 0.889. The summed E-state index contributed by atoms with van der Waals surface area (Å²) in [6.07, 6.45) is 2.53. The van der Waals surface area contributed by atoms with Crippen LogP contribution >= 0.6 is 0 Å². The Labute approximate surface area is 208 Å². The Balaban J connectivity index is 1.70. The van der Waals surface area contributed by atoms with Gasteiger partial charge in [0.15, 0.2) is 0 Å². The van der Waals surface area contributed by atoms with Gasteiger partial charge in [0, 0.05) is 11.3 Å². The average Bonchev–Trinajstić information content (AvgIpc) is 3.04. The van der Waals surface area contributed by atoms with Crippen LogP contribution in [-0.2, 0) is 0 Å². The quantitative estimate of drug-likeness (QED) is 0.228. The number of oxime groups is 1. The highest BCUT2D eigenvalue weighted by Crippen LogP contribution is 2.68. The van der Waals surface area contributed by atoms with Crippen molar-refractivity contribution < 1.29 is 35.8 Å². The van der Waals surface area contributed by atoms with Crippen LogP contribution in [0.1, 0.15) is 86.0 Å². The van der Waals surface area contributed by atoms with Crippen molar-refractivity contribution in [3.8, 4) is 0 Å². The SMILES string of the molecule is CC(C)(O)CCC(O)[C@](C)(O)C1CC[C@@]2(O)C3=CC(=NO)[C@@H]4C[C@@H](O)[C@@H](O)C[C@]4(C)C3CC[C@]12C. The lowest BCUT2D eigenvalue weighted by atomic mass is 9.45. The lowest BCUT2D eigenvalue weighted by Crippen LogP contribution is -2.62.